The summed E-state index contributed by atoms with van der Waals surface area (Å²) in [6.07, 6.45) is -5.84. The largest absolute Gasteiger partial charge is 0.481 e. The molecule has 2 atom stereocenters. The first-order valence-electron chi connectivity index (χ1n) is 6.19. The van der Waals surface area contributed by atoms with Gasteiger partial charge in [0.2, 0.25) is 0 Å². The predicted octanol–water partition coefficient (Wildman–Crippen LogP) is 0.512. The van der Waals surface area contributed by atoms with Crippen LogP contribution in [-0.4, -0.2) is 70.5 Å². The number of carboxylic acid groups (broad SMARTS) is 1. The first-order valence-corrected chi connectivity index (χ1v) is 6.19. The van der Waals surface area contributed by atoms with Crippen molar-refractivity contribution in [2.45, 2.75) is 25.1 Å². The van der Waals surface area contributed by atoms with Gasteiger partial charge in [-0.05, 0) is 12.8 Å². The highest BCUT2D eigenvalue weighted by Crippen LogP contribution is 2.45. The van der Waals surface area contributed by atoms with Crippen molar-refractivity contribution < 1.29 is 33.0 Å². The molecule has 2 amide bonds. The standard InChI is InChI=1S/C11H15F3N2O4/c12-11(13,14)10(8(18)19)2-4-16(6-10)9(20)15-3-1-7(17)5-15/h7,17H,1-6H2,(H,18,19). The molecule has 2 rings (SSSR count). The first-order chi connectivity index (χ1) is 9.17. The van der Waals surface area contributed by atoms with E-state index in [1.165, 1.54) is 4.90 Å². The number of urea groups is 1. The number of β-amino-alcohol motifs (C(OH)–C–C–N with tert-alkyl or cyclic N) is 1. The molecule has 0 spiro atoms. The number of alkyl halides is 3. The zero-order valence-corrected chi connectivity index (χ0v) is 10.6. The SMILES string of the molecule is O=C(N1CCC(O)C1)N1CCC(C(=O)O)(C(F)(F)F)C1. The number of hydrogen-bond acceptors (Lipinski definition) is 3. The molecule has 2 N–H and O–H groups in total. The van der Waals surface area contributed by atoms with Crippen LogP contribution in [0.4, 0.5) is 18.0 Å². The van der Waals surface area contributed by atoms with Crippen LogP contribution in [0.2, 0.25) is 0 Å². The summed E-state index contributed by atoms with van der Waals surface area (Å²) in [5.74, 6) is -1.96. The molecule has 2 unspecified atom stereocenters. The van der Waals surface area contributed by atoms with E-state index < -0.39 is 42.7 Å². The Morgan fingerprint density at radius 1 is 1.20 bits per heavy atom. The molecule has 6 nitrogen and oxygen atoms in total. The molecule has 20 heavy (non-hydrogen) atoms. The minimum Gasteiger partial charge on any atom is -0.481 e. The molecule has 0 aromatic rings. The topological polar surface area (TPSA) is 81.1 Å². The summed E-state index contributed by atoms with van der Waals surface area (Å²) in [4.78, 5) is 25.2. The van der Waals surface area contributed by atoms with Crippen LogP contribution in [0, 0.1) is 5.41 Å². The second kappa shape index (κ2) is 4.80. The number of carboxylic acids is 1. The Morgan fingerprint density at radius 3 is 2.25 bits per heavy atom. The van der Waals surface area contributed by atoms with E-state index in [9.17, 15) is 27.9 Å². The fraction of sp³-hybridized carbons (Fsp3) is 0.818. The number of hydrogen-bond donors (Lipinski definition) is 2. The smallest absolute Gasteiger partial charge is 0.406 e. The van der Waals surface area contributed by atoms with E-state index in [-0.39, 0.29) is 19.6 Å². The number of nitrogens with zero attached hydrogens (tertiary/aromatic N) is 2. The number of halogens is 3. The Kier molecular flexibility index (Phi) is 3.57. The molecule has 2 saturated heterocycles. The van der Waals surface area contributed by atoms with Crippen molar-refractivity contribution in [3.05, 3.63) is 0 Å². The molecule has 2 heterocycles. The highest BCUT2D eigenvalue weighted by Gasteiger charge is 2.64. The van der Waals surface area contributed by atoms with Crippen LogP contribution >= 0.6 is 0 Å². The van der Waals surface area contributed by atoms with Crippen LogP contribution in [0.3, 0.4) is 0 Å². The lowest BCUT2D eigenvalue weighted by molar-refractivity contribution is -0.227. The fourth-order valence-electron chi connectivity index (χ4n) is 2.62. The minimum atomic E-state index is -4.90. The number of rotatable bonds is 1. The second-order valence-electron chi connectivity index (χ2n) is 5.23. The number of aliphatic hydroxyl groups excluding tert-OH is 1. The van der Waals surface area contributed by atoms with Gasteiger partial charge in [0.05, 0.1) is 6.10 Å². The quantitative estimate of drug-likeness (QED) is 0.739. The molecular weight excluding hydrogens is 281 g/mol. The average molecular weight is 296 g/mol. The third-order valence-electron chi connectivity index (χ3n) is 3.93. The van der Waals surface area contributed by atoms with Crippen molar-refractivity contribution in [1.82, 2.24) is 9.80 Å². The molecular formula is C11H15F3N2O4. The molecule has 2 aliphatic rings. The summed E-state index contributed by atoms with van der Waals surface area (Å²) in [6.45, 7) is -0.793. The van der Waals surface area contributed by atoms with Crippen LogP contribution in [0.25, 0.3) is 0 Å². The van der Waals surface area contributed by atoms with Gasteiger partial charge in [0.15, 0.2) is 5.41 Å². The van der Waals surface area contributed by atoms with E-state index in [0.717, 1.165) is 4.90 Å². The van der Waals surface area contributed by atoms with Gasteiger partial charge >= 0.3 is 18.2 Å². The van der Waals surface area contributed by atoms with Gasteiger partial charge in [-0.1, -0.05) is 0 Å². The summed E-state index contributed by atoms with van der Waals surface area (Å²) in [5, 5.41) is 18.2. The number of likely N-dealkylation sites (tertiary alicyclic amines) is 2. The Labute approximate surface area is 112 Å². The van der Waals surface area contributed by atoms with Gasteiger partial charge in [-0.3, -0.25) is 4.79 Å². The fourth-order valence-corrected chi connectivity index (χ4v) is 2.62. The van der Waals surface area contributed by atoms with E-state index in [2.05, 4.69) is 0 Å². The number of aliphatic carboxylic acids is 1. The Balaban J connectivity index is 2.11. The first kappa shape index (κ1) is 14.9. The molecule has 0 aliphatic carbocycles. The van der Waals surface area contributed by atoms with Crippen LogP contribution < -0.4 is 0 Å². The lowest BCUT2D eigenvalue weighted by Crippen LogP contribution is -2.49. The van der Waals surface area contributed by atoms with Gasteiger partial charge in [0.1, 0.15) is 0 Å². The van der Waals surface area contributed by atoms with Crippen LogP contribution in [0.15, 0.2) is 0 Å². The Morgan fingerprint density at radius 2 is 1.85 bits per heavy atom. The second-order valence-corrected chi connectivity index (χ2v) is 5.23. The number of aliphatic hydroxyl groups is 1. The monoisotopic (exact) mass is 296 g/mol. The van der Waals surface area contributed by atoms with E-state index in [4.69, 9.17) is 5.11 Å². The zero-order valence-electron chi connectivity index (χ0n) is 10.6. The van der Waals surface area contributed by atoms with Crippen LogP contribution in [0.5, 0.6) is 0 Å². The van der Waals surface area contributed by atoms with Crippen molar-refractivity contribution in [2.75, 3.05) is 26.2 Å². The number of amides is 2. The highest BCUT2D eigenvalue weighted by molar-refractivity contribution is 5.80. The van der Waals surface area contributed by atoms with E-state index in [1.807, 2.05) is 0 Å². The maximum atomic E-state index is 13.0. The maximum absolute atomic E-state index is 13.0. The van der Waals surface area contributed by atoms with E-state index in [1.54, 1.807) is 0 Å². The van der Waals surface area contributed by atoms with Gasteiger partial charge in [-0.15, -0.1) is 0 Å². The molecule has 0 bridgehead atoms. The van der Waals surface area contributed by atoms with Gasteiger partial charge in [-0.2, -0.15) is 13.2 Å². The van der Waals surface area contributed by atoms with Crippen molar-refractivity contribution in [2.24, 2.45) is 5.41 Å². The van der Waals surface area contributed by atoms with E-state index in [0.29, 0.717) is 6.42 Å². The molecule has 0 radical (unpaired) electrons. The Bertz CT molecular complexity index is 428. The number of carbonyl (C=O) groups is 2. The summed E-state index contributed by atoms with van der Waals surface area (Å²) in [7, 11) is 0. The lowest BCUT2D eigenvalue weighted by atomic mass is 9.86. The van der Waals surface area contributed by atoms with Crippen LogP contribution in [-0.2, 0) is 4.79 Å². The molecule has 0 aromatic carbocycles. The summed E-state index contributed by atoms with van der Waals surface area (Å²) in [6, 6.07) is -0.645. The van der Waals surface area contributed by atoms with Gasteiger partial charge in [0.25, 0.3) is 0 Å². The third-order valence-corrected chi connectivity index (χ3v) is 3.93. The summed E-state index contributed by atoms with van der Waals surface area (Å²) >= 11 is 0. The summed E-state index contributed by atoms with van der Waals surface area (Å²) < 4.78 is 38.9. The highest BCUT2D eigenvalue weighted by atomic mass is 19.4. The van der Waals surface area contributed by atoms with Crippen molar-refractivity contribution in [3.63, 3.8) is 0 Å². The summed E-state index contributed by atoms with van der Waals surface area (Å²) in [5.41, 5.74) is -2.89. The van der Waals surface area contributed by atoms with Gasteiger partial charge in [-0.25, -0.2) is 4.79 Å². The maximum Gasteiger partial charge on any atom is 0.406 e. The minimum absolute atomic E-state index is 0.0709. The third kappa shape index (κ3) is 2.30. The van der Waals surface area contributed by atoms with Gasteiger partial charge in [0, 0.05) is 26.2 Å². The Hall–Kier alpha value is -1.51. The molecule has 0 saturated carbocycles. The predicted molar refractivity (Wildman–Crippen MR) is 59.9 cm³/mol. The zero-order chi connectivity index (χ0) is 15.1. The lowest BCUT2D eigenvalue weighted by Gasteiger charge is -2.28. The molecule has 114 valence electrons. The van der Waals surface area contributed by atoms with Crippen molar-refractivity contribution in [3.8, 4) is 0 Å². The average Bonchev–Trinajstić information content (AvgIpc) is 2.93. The molecule has 2 aliphatic heterocycles. The van der Waals surface area contributed by atoms with Crippen molar-refractivity contribution in [1.29, 1.82) is 0 Å². The normalized spacial score (nSPS) is 30.9. The molecule has 9 heteroatoms. The number of carbonyl (C=O) groups excluding carboxylic acids is 1. The molecule has 2 fully saturated rings. The van der Waals surface area contributed by atoms with Crippen molar-refractivity contribution >= 4 is 12.0 Å². The molecule has 0 aromatic heterocycles. The van der Waals surface area contributed by atoms with E-state index >= 15 is 0 Å². The van der Waals surface area contributed by atoms with Gasteiger partial charge < -0.3 is 20.0 Å². The van der Waals surface area contributed by atoms with Crippen LogP contribution in [0.1, 0.15) is 12.8 Å².